The number of amides is 1. The van der Waals surface area contributed by atoms with E-state index in [0.717, 1.165) is 6.42 Å². The lowest BCUT2D eigenvalue weighted by molar-refractivity contribution is -0.124. The number of anilines is 1. The van der Waals surface area contributed by atoms with Crippen molar-refractivity contribution >= 4 is 23.2 Å². The van der Waals surface area contributed by atoms with Gasteiger partial charge in [0, 0.05) is 11.1 Å². The average molecular weight is 242 g/mol. The van der Waals surface area contributed by atoms with Crippen LogP contribution in [-0.4, -0.2) is 11.0 Å². The van der Waals surface area contributed by atoms with Crippen LogP contribution in [0.4, 0.5) is 5.69 Å². The van der Waals surface area contributed by atoms with Crippen molar-refractivity contribution in [1.82, 2.24) is 0 Å². The smallest absolute Gasteiger partial charge is 0.230 e. The maximum Gasteiger partial charge on any atom is 0.230 e. The number of phenolic OH excluding ortho intramolecular Hbond substituents is 1. The molecule has 0 radical (unpaired) electrons. The van der Waals surface area contributed by atoms with Crippen molar-refractivity contribution in [3.05, 3.63) is 23.2 Å². The van der Waals surface area contributed by atoms with Crippen molar-refractivity contribution < 1.29 is 9.90 Å². The van der Waals surface area contributed by atoms with E-state index in [1.807, 2.05) is 20.8 Å². The number of hydrogen-bond donors (Lipinski definition) is 2. The van der Waals surface area contributed by atoms with Gasteiger partial charge in [0.2, 0.25) is 5.91 Å². The zero-order valence-corrected chi connectivity index (χ0v) is 10.4. The van der Waals surface area contributed by atoms with E-state index in [1.165, 1.54) is 12.1 Å². The van der Waals surface area contributed by atoms with Crippen LogP contribution in [0.25, 0.3) is 0 Å². The van der Waals surface area contributed by atoms with E-state index < -0.39 is 5.41 Å². The molecule has 1 aromatic rings. The molecule has 0 atom stereocenters. The number of halogens is 1. The van der Waals surface area contributed by atoms with Crippen LogP contribution in [0.1, 0.15) is 27.2 Å². The Morgan fingerprint density at radius 1 is 1.50 bits per heavy atom. The Kier molecular flexibility index (Phi) is 3.81. The fourth-order valence-corrected chi connectivity index (χ4v) is 1.23. The summed E-state index contributed by atoms with van der Waals surface area (Å²) in [5.41, 5.74) is 0.180. The number of nitrogens with one attached hydrogen (secondary N) is 1. The van der Waals surface area contributed by atoms with Gasteiger partial charge in [-0.05, 0) is 24.6 Å². The van der Waals surface area contributed by atoms with Gasteiger partial charge < -0.3 is 10.4 Å². The molecule has 0 aliphatic carbocycles. The molecule has 2 N–H and O–H groups in total. The molecular formula is C12H16ClNO2. The summed E-state index contributed by atoms with van der Waals surface area (Å²) in [5.74, 6) is -0.0498. The van der Waals surface area contributed by atoms with Gasteiger partial charge in [-0.2, -0.15) is 0 Å². The van der Waals surface area contributed by atoms with E-state index in [2.05, 4.69) is 5.32 Å². The van der Waals surface area contributed by atoms with Crippen LogP contribution >= 0.6 is 11.6 Å². The van der Waals surface area contributed by atoms with E-state index in [1.54, 1.807) is 6.07 Å². The molecule has 0 heterocycles. The van der Waals surface area contributed by atoms with Crippen molar-refractivity contribution in [2.24, 2.45) is 5.41 Å². The zero-order valence-electron chi connectivity index (χ0n) is 9.67. The topological polar surface area (TPSA) is 49.3 Å². The SMILES string of the molecule is CCC(C)(C)C(=O)Nc1ccc(O)c(Cl)c1. The Morgan fingerprint density at radius 3 is 2.62 bits per heavy atom. The van der Waals surface area contributed by atoms with Gasteiger partial charge >= 0.3 is 0 Å². The molecule has 0 spiro atoms. The Hall–Kier alpha value is -1.22. The van der Waals surface area contributed by atoms with Gasteiger partial charge in [0.15, 0.2) is 0 Å². The molecular weight excluding hydrogens is 226 g/mol. The minimum atomic E-state index is -0.412. The number of aromatic hydroxyl groups is 1. The summed E-state index contributed by atoms with van der Waals surface area (Å²) in [6, 6.07) is 4.60. The molecule has 0 fully saturated rings. The van der Waals surface area contributed by atoms with Gasteiger partial charge in [-0.25, -0.2) is 0 Å². The molecule has 0 saturated carbocycles. The van der Waals surface area contributed by atoms with Gasteiger partial charge in [-0.15, -0.1) is 0 Å². The van der Waals surface area contributed by atoms with Crippen LogP contribution in [-0.2, 0) is 4.79 Å². The highest BCUT2D eigenvalue weighted by Gasteiger charge is 2.25. The van der Waals surface area contributed by atoms with E-state index in [4.69, 9.17) is 11.6 Å². The fourth-order valence-electron chi connectivity index (χ4n) is 1.05. The lowest BCUT2D eigenvalue weighted by atomic mass is 9.89. The van der Waals surface area contributed by atoms with Crippen molar-refractivity contribution in [2.45, 2.75) is 27.2 Å². The minimum absolute atomic E-state index is 0.00872. The van der Waals surface area contributed by atoms with E-state index in [9.17, 15) is 9.90 Å². The summed E-state index contributed by atoms with van der Waals surface area (Å²) in [5, 5.41) is 12.2. The molecule has 16 heavy (non-hydrogen) atoms. The van der Waals surface area contributed by atoms with Crippen LogP contribution in [0.5, 0.6) is 5.75 Å². The summed E-state index contributed by atoms with van der Waals surface area (Å²) < 4.78 is 0. The highest BCUT2D eigenvalue weighted by atomic mass is 35.5. The number of phenols is 1. The van der Waals surface area contributed by atoms with Crippen LogP contribution in [0.2, 0.25) is 5.02 Å². The molecule has 0 aromatic heterocycles. The van der Waals surface area contributed by atoms with Crippen LogP contribution in [0.3, 0.4) is 0 Å². The maximum absolute atomic E-state index is 11.8. The summed E-state index contributed by atoms with van der Waals surface area (Å²) in [6.07, 6.45) is 0.755. The molecule has 0 saturated heterocycles. The largest absolute Gasteiger partial charge is 0.506 e. The normalized spacial score (nSPS) is 11.2. The standard InChI is InChI=1S/C12H16ClNO2/c1-4-12(2,3)11(16)14-8-5-6-10(15)9(13)7-8/h5-7,15H,4H2,1-3H3,(H,14,16). The number of carbonyl (C=O) groups excluding carboxylic acids is 1. The molecule has 1 aromatic carbocycles. The second kappa shape index (κ2) is 4.74. The summed E-state index contributed by atoms with van der Waals surface area (Å²) in [4.78, 5) is 11.8. The predicted molar refractivity (Wildman–Crippen MR) is 65.8 cm³/mol. The molecule has 1 amide bonds. The molecule has 0 bridgehead atoms. The highest BCUT2D eigenvalue weighted by Crippen LogP contribution is 2.28. The van der Waals surface area contributed by atoms with E-state index in [0.29, 0.717) is 5.69 Å². The average Bonchev–Trinajstić information content (AvgIpc) is 2.23. The van der Waals surface area contributed by atoms with Crippen molar-refractivity contribution in [1.29, 1.82) is 0 Å². The molecule has 4 heteroatoms. The lowest BCUT2D eigenvalue weighted by Crippen LogP contribution is -2.29. The second-order valence-corrected chi connectivity index (χ2v) is 4.76. The Balaban J connectivity index is 2.82. The van der Waals surface area contributed by atoms with Crippen molar-refractivity contribution in [2.75, 3.05) is 5.32 Å². The maximum atomic E-state index is 11.8. The lowest BCUT2D eigenvalue weighted by Gasteiger charge is -2.21. The first-order chi connectivity index (χ1) is 7.36. The first-order valence-corrected chi connectivity index (χ1v) is 5.54. The van der Waals surface area contributed by atoms with Gasteiger partial charge in [-0.3, -0.25) is 4.79 Å². The molecule has 0 aliphatic heterocycles. The van der Waals surface area contributed by atoms with E-state index in [-0.39, 0.29) is 16.7 Å². The molecule has 88 valence electrons. The monoisotopic (exact) mass is 241 g/mol. The van der Waals surface area contributed by atoms with Gasteiger partial charge in [-0.1, -0.05) is 32.4 Å². The molecule has 0 unspecified atom stereocenters. The van der Waals surface area contributed by atoms with Gasteiger partial charge in [0.25, 0.3) is 0 Å². The van der Waals surface area contributed by atoms with Crippen molar-refractivity contribution in [3.63, 3.8) is 0 Å². The summed E-state index contributed by atoms with van der Waals surface area (Å²) >= 11 is 5.74. The van der Waals surface area contributed by atoms with E-state index >= 15 is 0 Å². The second-order valence-electron chi connectivity index (χ2n) is 4.36. The van der Waals surface area contributed by atoms with Crippen molar-refractivity contribution in [3.8, 4) is 5.75 Å². The Bertz CT molecular complexity index is 402. The zero-order chi connectivity index (χ0) is 12.3. The third-order valence-electron chi connectivity index (χ3n) is 2.70. The number of carbonyl (C=O) groups is 1. The quantitative estimate of drug-likeness (QED) is 0.797. The predicted octanol–water partition coefficient (Wildman–Crippen LogP) is 3.42. The van der Waals surface area contributed by atoms with Crippen LogP contribution < -0.4 is 5.32 Å². The molecule has 3 nitrogen and oxygen atoms in total. The Morgan fingerprint density at radius 2 is 2.12 bits per heavy atom. The van der Waals surface area contributed by atoms with Gasteiger partial charge in [0.1, 0.15) is 5.75 Å². The highest BCUT2D eigenvalue weighted by molar-refractivity contribution is 6.32. The number of benzene rings is 1. The third kappa shape index (κ3) is 2.89. The first-order valence-electron chi connectivity index (χ1n) is 5.17. The molecule has 1 rings (SSSR count). The first kappa shape index (κ1) is 12.8. The van der Waals surface area contributed by atoms with Crippen LogP contribution in [0, 0.1) is 5.41 Å². The minimum Gasteiger partial charge on any atom is -0.506 e. The number of rotatable bonds is 3. The third-order valence-corrected chi connectivity index (χ3v) is 3.01. The summed E-state index contributed by atoms with van der Waals surface area (Å²) in [7, 11) is 0. The van der Waals surface area contributed by atoms with Gasteiger partial charge in [0.05, 0.1) is 5.02 Å². The van der Waals surface area contributed by atoms with Crippen LogP contribution in [0.15, 0.2) is 18.2 Å². The summed E-state index contributed by atoms with van der Waals surface area (Å²) in [6.45, 7) is 5.72. The number of hydrogen-bond acceptors (Lipinski definition) is 2. The Labute approximate surface area is 100 Å². The fraction of sp³-hybridized carbons (Fsp3) is 0.417. The molecule has 0 aliphatic rings.